The molecule has 0 aliphatic rings. The maximum atomic E-state index is 12.5. The number of hydrogen-bond donors (Lipinski definition) is 1. The molecule has 0 saturated carbocycles. The summed E-state index contributed by atoms with van der Waals surface area (Å²) in [6.07, 6.45) is 0. The average Bonchev–Trinajstić information content (AvgIpc) is 2.45. The lowest BCUT2D eigenvalue weighted by Gasteiger charge is -2.32. The number of benzene rings is 1. The summed E-state index contributed by atoms with van der Waals surface area (Å²) in [4.78, 5) is 12.8. The van der Waals surface area contributed by atoms with Gasteiger partial charge in [0.1, 0.15) is 0 Å². The van der Waals surface area contributed by atoms with Gasteiger partial charge in [0.2, 0.25) is 0 Å². The molecule has 2 atom stereocenters. The molecule has 0 bridgehead atoms. The molecule has 0 radical (unpaired) electrons. The van der Waals surface area contributed by atoms with E-state index in [9.17, 15) is 9.35 Å². The van der Waals surface area contributed by atoms with Gasteiger partial charge in [-0.2, -0.15) is 0 Å². The Morgan fingerprint density at radius 1 is 1.36 bits per heavy atom. The Morgan fingerprint density at radius 2 is 1.95 bits per heavy atom. The highest BCUT2D eigenvalue weighted by Crippen LogP contribution is 2.24. The minimum atomic E-state index is -1.50. The second kappa shape index (κ2) is 8.53. The molecular formula is C16H25NO4S. The van der Waals surface area contributed by atoms with E-state index in [1.54, 1.807) is 26.2 Å². The summed E-state index contributed by atoms with van der Waals surface area (Å²) >= 11 is -1.50. The Morgan fingerprint density at radius 3 is 2.45 bits per heavy atom. The van der Waals surface area contributed by atoms with Crippen LogP contribution in [0, 0.1) is 12.3 Å². The number of hydrogen-bond acceptors (Lipinski definition) is 5. The maximum Gasteiger partial charge on any atom is 0.328 e. The van der Waals surface area contributed by atoms with Gasteiger partial charge in [-0.3, -0.25) is 4.79 Å². The van der Waals surface area contributed by atoms with Crippen LogP contribution < -0.4 is 4.72 Å². The van der Waals surface area contributed by atoms with Crippen LogP contribution in [0.2, 0.25) is 0 Å². The van der Waals surface area contributed by atoms with Crippen molar-refractivity contribution in [1.82, 2.24) is 4.72 Å². The molecular weight excluding hydrogens is 302 g/mol. The van der Waals surface area contributed by atoms with Crippen molar-refractivity contribution < 1.29 is 18.8 Å². The Kier molecular flexibility index (Phi) is 7.35. The first-order valence-corrected chi connectivity index (χ1v) is 8.37. The van der Waals surface area contributed by atoms with Crippen molar-refractivity contribution in [3.05, 3.63) is 29.8 Å². The third-order valence-electron chi connectivity index (χ3n) is 3.28. The monoisotopic (exact) mass is 327 g/mol. The van der Waals surface area contributed by atoms with Crippen molar-refractivity contribution in [1.29, 1.82) is 0 Å². The zero-order valence-corrected chi connectivity index (χ0v) is 14.7. The van der Waals surface area contributed by atoms with E-state index in [2.05, 4.69) is 4.72 Å². The van der Waals surface area contributed by atoms with Gasteiger partial charge < -0.3 is 14.0 Å². The summed E-state index contributed by atoms with van der Waals surface area (Å²) in [7, 11) is 1.57. The van der Waals surface area contributed by atoms with Crippen LogP contribution in [0.5, 0.6) is 0 Å². The second-order valence-electron chi connectivity index (χ2n) is 5.81. The van der Waals surface area contributed by atoms with E-state index in [-0.39, 0.29) is 6.61 Å². The van der Waals surface area contributed by atoms with E-state index >= 15 is 0 Å². The van der Waals surface area contributed by atoms with E-state index < -0.39 is 28.8 Å². The lowest BCUT2D eigenvalue weighted by molar-refractivity contribution is -0.149. The van der Waals surface area contributed by atoms with Crippen LogP contribution in [0.1, 0.15) is 26.3 Å². The molecule has 0 amide bonds. The van der Waals surface area contributed by atoms with Crippen LogP contribution in [0.4, 0.5) is 0 Å². The van der Waals surface area contributed by atoms with Gasteiger partial charge in [0.25, 0.3) is 0 Å². The quantitative estimate of drug-likeness (QED) is 0.585. The highest BCUT2D eigenvalue weighted by molar-refractivity contribution is 7.89. The molecule has 5 nitrogen and oxygen atoms in total. The average molecular weight is 327 g/mol. The zero-order chi connectivity index (χ0) is 16.8. The van der Waals surface area contributed by atoms with E-state index in [4.69, 9.17) is 9.47 Å². The summed E-state index contributed by atoms with van der Waals surface area (Å²) in [6, 6.07) is 6.60. The molecule has 0 aromatic heterocycles. The summed E-state index contributed by atoms with van der Waals surface area (Å²) in [6.45, 7) is 8.07. The number of rotatable bonds is 8. The van der Waals surface area contributed by atoms with Crippen molar-refractivity contribution in [3.63, 3.8) is 0 Å². The molecule has 1 unspecified atom stereocenters. The van der Waals surface area contributed by atoms with Gasteiger partial charge in [0.05, 0.1) is 24.6 Å². The number of carbonyl (C=O) groups excluding carboxylic acids is 1. The summed E-state index contributed by atoms with van der Waals surface area (Å²) in [5.74, 6) is -0.426. The summed E-state index contributed by atoms with van der Waals surface area (Å²) in [5, 5.41) is 0. The molecule has 124 valence electrons. The molecule has 6 heteroatoms. The first-order valence-electron chi connectivity index (χ1n) is 7.22. The van der Waals surface area contributed by atoms with E-state index in [0.29, 0.717) is 11.5 Å². The SMILES string of the molecule is CCOC(=O)[C@@H](N[S+]([O-])c1ccc(C)cc1)C(C)(C)COC. The standard InChI is InChI=1S/C16H25NO4S/c1-6-21-15(18)14(16(3,4)11-20-5)17-22(19)13-9-7-12(2)8-10-13/h7-10,14,17H,6,11H2,1-5H3/t14-,22?/m1/s1. The summed E-state index contributed by atoms with van der Waals surface area (Å²) in [5.41, 5.74) is 0.531. The van der Waals surface area contributed by atoms with E-state index in [1.165, 1.54) is 0 Å². The van der Waals surface area contributed by atoms with Crippen molar-refractivity contribution in [2.75, 3.05) is 20.3 Å². The number of aryl methyl sites for hydroxylation is 1. The topological polar surface area (TPSA) is 70.6 Å². The predicted molar refractivity (Wildman–Crippen MR) is 86.8 cm³/mol. The Labute approximate surface area is 135 Å². The van der Waals surface area contributed by atoms with Gasteiger partial charge in [-0.1, -0.05) is 31.5 Å². The third-order valence-corrected chi connectivity index (χ3v) is 4.43. The van der Waals surface area contributed by atoms with Crippen LogP contribution in [-0.2, 0) is 25.6 Å². The lowest BCUT2D eigenvalue weighted by atomic mass is 9.86. The smallest absolute Gasteiger partial charge is 0.328 e. The van der Waals surface area contributed by atoms with Gasteiger partial charge in [-0.05, 0) is 26.0 Å². The fraction of sp³-hybridized carbons (Fsp3) is 0.562. The molecule has 1 N–H and O–H groups in total. The molecule has 22 heavy (non-hydrogen) atoms. The number of nitrogens with one attached hydrogen (secondary N) is 1. The molecule has 0 heterocycles. The molecule has 0 aliphatic heterocycles. The van der Waals surface area contributed by atoms with Crippen LogP contribution in [0.15, 0.2) is 29.2 Å². The first kappa shape index (κ1) is 19.0. The van der Waals surface area contributed by atoms with Gasteiger partial charge in [0.15, 0.2) is 10.9 Å². The molecule has 0 fully saturated rings. The second-order valence-corrected chi connectivity index (χ2v) is 7.05. The number of esters is 1. The molecule has 0 saturated heterocycles. The molecule has 0 aliphatic carbocycles. The first-order chi connectivity index (χ1) is 10.3. The summed E-state index contributed by atoms with van der Waals surface area (Å²) < 4.78 is 25.6. The molecule has 1 aromatic carbocycles. The Hall–Kier alpha value is -1.08. The van der Waals surface area contributed by atoms with Crippen LogP contribution in [0.25, 0.3) is 0 Å². The number of methoxy groups -OCH3 is 1. The third kappa shape index (κ3) is 5.28. The lowest BCUT2D eigenvalue weighted by Crippen LogP contribution is -2.52. The predicted octanol–water partition coefficient (Wildman–Crippen LogP) is 2.21. The number of carbonyl (C=O) groups is 1. The van der Waals surface area contributed by atoms with Gasteiger partial charge >= 0.3 is 5.97 Å². The van der Waals surface area contributed by atoms with Crippen molar-refractivity contribution in [2.45, 2.75) is 38.6 Å². The van der Waals surface area contributed by atoms with Gasteiger partial charge in [-0.25, -0.2) is 0 Å². The van der Waals surface area contributed by atoms with E-state index in [0.717, 1.165) is 5.56 Å². The van der Waals surface area contributed by atoms with Crippen molar-refractivity contribution >= 4 is 17.3 Å². The van der Waals surface area contributed by atoms with Crippen LogP contribution >= 0.6 is 0 Å². The van der Waals surface area contributed by atoms with E-state index in [1.807, 2.05) is 32.9 Å². The fourth-order valence-corrected chi connectivity index (χ4v) is 3.19. The Balaban J connectivity index is 2.92. The maximum absolute atomic E-state index is 12.5. The molecule has 1 rings (SSSR count). The molecule has 1 aromatic rings. The van der Waals surface area contributed by atoms with Crippen LogP contribution in [-0.4, -0.2) is 36.9 Å². The van der Waals surface area contributed by atoms with Gasteiger partial charge in [0, 0.05) is 12.5 Å². The zero-order valence-electron chi connectivity index (χ0n) is 13.8. The minimum Gasteiger partial charge on any atom is -0.593 e. The number of ether oxygens (including phenoxy) is 2. The minimum absolute atomic E-state index is 0.275. The fourth-order valence-electron chi connectivity index (χ4n) is 2.04. The largest absolute Gasteiger partial charge is 0.593 e. The van der Waals surface area contributed by atoms with Crippen molar-refractivity contribution in [3.8, 4) is 0 Å². The van der Waals surface area contributed by atoms with Gasteiger partial charge in [-0.15, -0.1) is 4.72 Å². The molecule has 0 spiro atoms. The van der Waals surface area contributed by atoms with Crippen molar-refractivity contribution in [2.24, 2.45) is 5.41 Å². The highest BCUT2D eigenvalue weighted by Gasteiger charge is 2.40. The Bertz CT molecular complexity index is 476. The van der Waals surface area contributed by atoms with Crippen LogP contribution in [0.3, 0.4) is 0 Å². The normalized spacial score (nSPS) is 14.5. The highest BCUT2D eigenvalue weighted by atomic mass is 32.2.